The monoisotopic (exact) mass is 447 g/mol. The molecule has 32 heavy (non-hydrogen) atoms. The number of sulfonamides is 1. The number of nitriles is 1. The lowest BCUT2D eigenvalue weighted by Crippen LogP contribution is -2.36. The largest absolute Gasteiger partial charge is 0.293 e. The van der Waals surface area contributed by atoms with Gasteiger partial charge in [-0.1, -0.05) is 36.4 Å². The second-order valence-corrected chi connectivity index (χ2v) is 8.77. The number of hydrogen-bond donors (Lipinski definition) is 2. The number of H-pyrrole nitrogens is 1. The van der Waals surface area contributed by atoms with Gasteiger partial charge in [0.2, 0.25) is 0 Å². The van der Waals surface area contributed by atoms with E-state index in [0.29, 0.717) is 16.9 Å². The Morgan fingerprint density at radius 3 is 2.53 bits per heavy atom. The van der Waals surface area contributed by atoms with Crippen molar-refractivity contribution in [2.75, 3.05) is 0 Å². The normalized spacial score (nSPS) is 11.3. The Morgan fingerprint density at radius 2 is 1.84 bits per heavy atom. The van der Waals surface area contributed by atoms with Crippen molar-refractivity contribution in [1.82, 2.24) is 19.3 Å². The number of nitrogens with one attached hydrogen (secondary N) is 2. The van der Waals surface area contributed by atoms with Gasteiger partial charge in [-0.2, -0.15) is 5.26 Å². The molecule has 0 bridgehead atoms. The fourth-order valence-electron chi connectivity index (χ4n) is 3.47. The molecule has 4 aromatic rings. The third-order valence-corrected chi connectivity index (χ3v) is 6.26. The van der Waals surface area contributed by atoms with Gasteiger partial charge in [-0.15, -0.1) is 0 Å². The van der Waals surface area contributed by atoms with E-state index in [1.165, 1.54) is 25.1 Å². The van der Waals surface area contributed by atoms with Gasteiger partial charge in [-0.05, 0) is 37.6 Å². The molecule has 2 heterocycles. The maximum absolute atomic E-state index is 13.1. The van der Waals surface area contributed by atoms with Gasteiger partial charge in [0.05, 0.1) is 22.2 Å². The number of fused-ring (bicyclic) bond motifs is 1. The van der Waals surface area contributed by atoms with Crippen LogP contribution >= 0.6 is 0 Å². The molecule has 0 aliphatic rings. The minimum absolute atomic E-state index is 0.0876. The second kappa shape index (κ2) is 7.79. The van der Waals surface area contributed by atoms with E-state index in [0.717, 1.165) is 16.1 Å². The summed E-state index contributed by atoms with van der Waals surface area (Å²) in [6.07, 6.45) is 0. The number of nitrogens with zero attached hydrogens (tertiary/aromatic N) is 3. The van der Waals surface area contributed by atoms with Gasteiger partial charge in [0.25, 0.3) is 21.5 Å². The van der Waals surface area contributed by atoms with E-state index in [-0.39, 0.29) is 16.2 Å². The standard InChI is InChI=1S/C22H17N5O4S/c1-13-19(21(28)26-32(30,31)17-10-6-7-15(11-17)12-23)22(29)27-20(24-13)18(14(2)25-27)16-8-4-3-5-9-16/h3-11,25H,1-2H3,(H,26,28). The van der Waals surface area contributed by atoms with Crippen LogP contribution in [0, 0.1) is 25.2 Å². The first-order valence-corrected chi connectivity index (χ1v) is 11.0. The highest BCUT2D eigenvalue weighted by molar-refractivity contribution is 7.90. The molecule has 10 heteroatoms. The van der Waals surface area contributed by atoms with E-state index in [1.54, 1.807) is 6.92 Å². The Bertz CT molecular complexity index is 1580. The first-order chi connectivity index (χ1) is 15.2. The number of aryl methyl sites for hydroxylation is 2. The summed E-state index contributed by atoms with van der Waals surface area (Å²) >= 11 is 0. The highest BCUT2D eigenvalue weighted by Crippen LogP contribution is 2.26. The Balaban J connectivity index is 1.79. The Morgan fingerprint density at radius 1 is 1.12 bits per heavy atom. The van der Waals surface area contributed by atoms with Gasteiger partial charge in [0.1, 0.15) is 5.56 Å². The fraction of sp³-hybridized carbons (Fsp3) is 0.0909. The highest BCUT2D eigenvalue weighted by atomic mass is 32.2. The summed E-state index contributed by atoms with van der Waals surface area (Å²) in [5, 5.41) is 11.9. The van der Waals surface area contributed by atoms with Gasteiger partial charge >= 0.3 is 0 Å². The van der Waals surface area contributed by atoms with Crippen LogP contribution < -0.4 is 10.3 Å². The lowest BCUT2D eigenvalue weighted by molar-refractivity contribution is 0.0978. The topological polar surface area (TPSA) is 137 Å². The third kappa shape index (κ3) is 3.55. The zero-order valence-corrected chi connectivity index (χ0v) is 17.9. The Hall–Kier alpha value is -4.23. The predicted molar refractivity (Wildman–Crippen MR) is 117 cm³/mol. The number of aromatic nitrogens is 3. The van der Waals surface area contributed by atoms with Crippen LogP contribution in [0.2, 0.25) is 0 Å². The molecule has 2 N–H and O–H groups in total. The van der Waals surface area contributed by atoms with Crippen LogP contribution in [0.15, 0.2) is 64.3 Å². The average molecular weight is 447 g/mol. The average Bonchev–Trinajstić information content (AvgIpc) is 3.10. The molecule has 0 saturated heterocycles. The summed E-state index contributed by atoms with van der Waals surface area (Å²) in [4.78, 5) is 30.1. The number of aromatic amines is 1. The lowest BCUT2D eigenvalue weighted by atomic mass is 10.1. The minimum Gasteiger partial charge on any atom is -0.293 e. The van der Waals surface area contributed by atoms with E-state index in [1.807, 2.05) is 41.1 Å². The molecule has 4 rings (SSSR count). The van der Waals surface area contributed by atoms with Crippen LogP contribution in [0.5, 0.6) is 0 Å². The second-order valence-electron chi connectivity index (χ2n) is 7.09. The van der Waals surface area contributed by atoms with E-state index in [2.05, 4.69) is 10.1 Å². The van der Waals surface area contributed by atoms with Gasteiger partial charge in [0.15, 0.2) is 5.65 Å². The van der Waals surface area contributed by atoms with Gasteiger partial charge < -0.3 is 0 Å². The van der Waals surface area contributed by atoms with Crippen molar-refractivity contribution in [3.63, 3.8) is 0 Å². The molecular formula is C22H17N5O4S. The van der Waals surface area contributed by atoms with Crippen molar-refractivity contribution in [3.05, 3.63) is 87.5 Å². The zero-order valence-electron chi connectivity index (χ0n) is 17.1. The smallest absolute Gasteiger partial charge is 0.285 e. The number of hydrogen-bond acceptors (Lipinski definition) is 6. The van der Waals surface area contributed by atoms with Crippen LogP contribution in [-0.4, -0.2) is 28.9 Å². The Labute approximate surface area is 183 Å². The van der Waals surface area contributed by atoms with Crippen molar-refractivity contribution >= 4 is 21.6 Å². The summed E-state index contributed by atoms with van der Waals surface area (Å²) in [5.41, 5.74) is 1.63. The van der Waals surface area contributed by atoms with Gasteiger partial charge in [0, 0.05) is 11.3 Å². The molecular weight excluding hydrogens is 430 g/mol. The SMILES string of the molecule is Cc1nc2c(-c3ccccc3)c(C)[nH]n2c(=O)c1C(=O)NS(=O)(=O)c1cccc(C#N)c1. The van der Waals surface area contributed by atoms with Gasteiger partial charge in [-0.3, -0.25) is 14.7 Å². The summed E-state index contributed by atoms with van der Waals surface area (Å²) in [6, 6.07) is 16.4. The molecule has 0 aliphatic carbocycles. The molecule has 0 aliphatic heterocycles. The molecule has 0 spiro atoms. The van der Waals surface area contributed by atoms with E-state index in [4.69, 9.17) is 5.26 Å². The molecule has 2 aromatic carbocycles. The molecule has 0 saturated carbocycles. The molecule has 1 amide bonds. The van der Waals surface area contributed by atoms with Crippen molar-refractivity contribution < 1.29 is 13.2 Å². The summed E-state index contributed by atoms with van der Waals surface area (Å²) < 4.78 is 28.3. The van der Waals surface area contributed by atoms with E-state index in [9.17, 15) is 18.0 Å². The maximum atomic E-state index is 13.1. The number of carbonyl (C=O) groups excluding carboxylic acids is 1. The number of amides is 1. The molecule has 160 valence electrons. The van der Waals surface area contributed by atoms with Crippen LogP contribution in [0.1, 0.15) is 27.3 Å². The molecule has 0 atom stereocenters. The van der Waals surface area contributed by atoms with Crippen LogP contribution in [0.3, 0.4) is 0 Å². The van der Waals surface area contributed by atoms with E-state index >= 15 is 0 Å². The molecule has 0 radical (unpaired) electrons. The van der Waals surface area contributed by atoms with Crippen LogP contribution in [0.25, 0.3) is 16.8 Å². The quantitative estimate of drug-likeness (QED) is 0.492. The van der Waals surface area contributed by atoms with Crippen molar-refractivity contribution in [3.8, 4) is 17.2 Å². The molecule has 0 unspecified atom stereocenters. The van der Waals surface area contributed by atoms with Gasteiger partial charge in [-0.25, -0.2) is 22.6 Å². The van der Waals surface area contributed by atoms with Crippen molar-refractivity contribution in [2.24, 2.45) is 0 Å². The minimum atomic E-state index is -4.31. The van der Waals surface area contributed by atoms with Crippen molar-refractivity contribution in [1.29, 1.82) is 5.26 Å². The number of carbonyl (C=O) groups is 1. The van der Waals surface area contributed by atoms with Crippen LogP contribution in [0.4, 0.5) is 0 Å². The third-order valence-electron chi connectivity index (χ3n) is 4.93. The highest BCUT2D eigenvalue weighted by Gasteiger charge is 2.26. The fourth-order valence-corrected chi connectivity index (χ4v) is 4.47. The number of benzene rings is 2. The summed E-state index contributed by atoms with van der Waals surface area (Å²) in [7, 11) is -4.31. The Kier molecular flexibility index (Phi) is 5.12. The van der Waals surface area contributed by atoms with E-state index < -0.39 is 27.1 Å². The molecule has 2 aromatic heterocycles. The van der Waals surface area contributed by atoms with Crippen molar-refractivity contribution in [2.45, 2.75) is 18.7 Å². The maximum Gasteiger partial charge on any atom is 0.285 e. The lowest BCUT2D eigenvalue weighted by Gasteiger charge is -2.09. The first-order valence-electron chi connectivity index (χ1n) is 9.47. The molecule has 9 nitrogen and oxygen atoms in total. The summed E-state index contributed by atoms with van der Waals surface area (Å²) in [5.74, 6) is -1.11. The molecule has 0 fully saturated rings. The first kappa shape index (κ1) is 21.0. The zero-order chi connectivity index (χ0) is 23.0. The predicted octanol–water partition coefficient (Wildman–Crippen LogP) is 2.30. The summed E-state index contributed by atoms with van der Waals surface area (Å²) in [6.45, 7) is 3.24. The number of rotatable bonds is 4. The van der Waals surface area contributed by atoms with Crippen LogP contribution in [-0.2, 0) is 10.0 Å².